The van der Waals surface area contributed by atoms with E-state index in [9.17, 15) is 0 Å². The van der Waals surface area contributed by atoms with Crippen LogP contribution in [0.4, 0.5) is 0 Å². The molecule has 18 heavy (non-hydrogen) atoms. The van der Waals surface area contributed by atoms with Crippen molar-refractivity contribution in [2.75, 3.05) is 6.54 Å². The second kappa shape index (κ2) is 4.16. The number of allylic oxidation sites excluding steroid dienone is 2. The highest BCUT2D eigenvalue weighted by Gasteiger charge is 2.25. The highest BCUT2D eigenvalue weighted by atomic mass is 15.1. The van der Waals surface area contributed by atoms with Crippen LogP contribution in [0.3, 0.4) is 0 Å². The smallest absolute Gasteiger partial charge is 0.0448 e. The summed E-state index contributed by atoms with van der Waals surface area (Å²) in [5, 5.41) is 0. The molecule has 1 aliphatic carbocycles. The van der Waals surface area contributed by atoms with Crippen LogP contribution in [0.15, 0.2) is 54.3 Å². The van der Waals surface area contributed by atoms with Gasteiger partial charge in [-0.1, -0.05) is 38.3 Å². The van der Waals surface area contributed by atoms with E-state index in [1.807, 2.05) is 0 Å². The Kier molecular flexibility index (Phi) is 2.62. The molecule has 0 aromatic heterocycles. The first kappa shape index (κ1) is 11.3. The Morgan fingerprint density at radius 2 is 2.06 bits per heavy atom. The molecule has 1 aromatic carbocycles. The fourth-order valence-electron chi connectivity index (χ4n) is 2.74. The molecule has 1 heterocycles. The van der Waals surface area contributed by atoms with Crippen LogP contribution in [-0.2, 0) is 19.4 Å². The molecule has 0 saturated carbocycles. The summed E-state index contributed by atoms with van der Waals surface area (Å²) in [5.74, 6) is 0. The van der Waals surface area contributed by atoms with Gasteiger partial charge in [-0.05, 0) is 46.8 Å². The van der Waals surface area contributed by atoms with Crippen molar-refractivity contribution in [1.82, 2.24) is 4.90 Å². The van der Waals surface area contributed by atoms with E-state index in [1.165, 1.54) is 22.4 Å². The Morgan fingerprint density at radius 3 is 2.72 bits per heavy atom. The maximum Gasteiger partial charge on any atom is 0.0448 e. The summed E-state index contributed by atoms with van der Waals surface area (Å²) < 4.78 is 0. The van der Waals surface area contributed by atoms with Crippen LogP contribution < -0.4 is 0 Å². The highest BCUT2D eigenvalue weighted by molar-refractivity contribution is 5.60. The summed E-state index contributed by atoms with van der Waals surface area (Å²) in [6.07, 6.45) is 4.40. The quantitative estimate of drug-likeness (QED) is 0.759. The lowest BCUT2D eigenvalue weighted by molar-refractivity contribution is 0.324. The number of nitrogens with zero attached hydrogens (tertiary/aromatic N) is 1. The van der Waals surface area contributed by atoms with Gasteiger partial charge in [0.25, 0.3) is 0 Å². The monoisotopic (exact) mass is 237 g/mol. The third-order valence-electron chi connectivity index (χ3n) is 4.04. The Morgan fingerprint density at radius 1 is 1.22 bits per heavy atom. The molecule has 1 heteroatoms. The van der Waals surface area contributed by atoms with Gasteiger partial charge in [0.1, 0.15) is 0 Å². The molecule has 0 spiro atoms. The molecule has 0 saturated heterocycles. The summed E-state index contributed by atoms with van der Waals surface area (Å²) in [6.45, 7) is 12.4. The van der Waals surface area contributed by atoms with Gasteiger partial charge in [0.2, 0.25) is 0 Å². The second-order valence-electron chi connectivity index (χ2n) is 5.16. The molecule has 1 aromatic rings. The van der Waals surface area contributed by atoms with Crippen LogP contribution in [0.2, 0.25) is 0 Å². The van der Waals surface area contributed by atoms with Crippen molar-refractivity contribution in [3.63, 3.8) is 0 Å². The van der Waals surface area contributed by atoms with Crippen LogP contribution in [0.25, 0.3) is 0 Å². The minimum atomic E-state index is 1.02. The fourth-order valence-corrected chi connectivity index (χ4v) is 2.74. The predicted octanol–water partition coefficient (Wildman–Crippen LogP) is 3.62. The Bertz CT molecular complexity index is 563. The van der Waals surface area contributed by atoms with Gasteiger partial charge in [-0.25, -0.2) is 0 Å². The molecule has 92 valence electrons. The van der Waals surface area contributed by atoms with Gasteiger partial charge in [-0.2, -0.15) is 0 Å². The average Bonchev–Trinajstić information content (AvgIpc) is 2.43. The average molecular weight is 237 g/mol. The minimum Gasteiger partial charge on any atom is -0.366 e. The van der Waals surface area contributed by atoms with Crippen molar-refractivity contribution in [2.45, 2.75) is 26.3 Å². The first-order chi connectivity index (χ1) is 8.69. The van der Waals surface area contributed by atoms with Crippen LogP contribution in [0.5, 0.6) is 0 Å². The number of hydrogen-bond acceptors (Lipinski definition) is 1. The molecule has 0 atom stereocenters. The van der Waals surface area contributed by atoms with Gasteiger partial charge in [0.05, 0.1) is 0 Å². The first-order valence-corrected chi connectivity index (χ1v) is 6.65. The Labute approximate surface area is 109 Å². The number of benzene rings is 1. The molecule has 3 rings (SSSR count). The van der Waals surface area contributed by atoms with E-state index >= 15 is 0 Å². The number of fused-ring (bicyclic) bond motifs is 1. The lowest BCUT2D eigenvalue weighted by Crippen LogP contribution is -2.33. The van der Waals surface area contributed by atoms with Crippen molar-refractivity contribution in [3.8, 4) is 0 Å². The number of rotatable bonds is 2. The van der Waals surface area contributed by atoms with Crippen molar-refractivity contribution >= 4 is 0 Å². The second-order valence-corrected chi connectivity index (χ2v) is 5.16. The molecule has 0 bridgehead atoms. The zero-order chi connectivity index (χ0) is 12.7. The van der Waals surface area contributed by atoms with Gasteiger partial charge in [0.15, 0.2) is 0 Å². The summed E-state index contributed by atoms with van der Waals surface area (Å²) >= 11 is 0. The largest absolute Gasteiger partial charge is 0.366 e. The summed E-state index contributed by atoms with van der Waals surface area (Å²) in [6, 6.07) is 6.92. The molecule has 1 nitrogen and oxygen atoms in total. The summed E-state index contributed by atoms with van der Waals surface area (Å²) in [4.78, 5) is 2.43. The van der Waals surface area contributed by atoms with E-state index in [0.717, 1.165) is 37.1 Å². The highest BCUT2D eigenvalue weighted by Crippen LogP contribution is 2.35. The predicted molar refractivity (Wildman–Crippen MR) is 76.3 cm³/mol. The molecule has 0 unspecified atom stereocenters. The molecule has 2 aliphatic rings. The maximum atomic E-state index is 4.08. The molecule has 0 radical (unpaired) electrons. The SMILES string of the molecule is C=C1C=C(N2CCc3ccc(CC)cc3C2)C1=C. The zero-order valence-corrected chi connectivity index (χ0v) is 11.0. The zero-order valence-electron chi connectivity index (χ0n) is 11.0. The van der Waals surface area contributed by atoms with Gasteiger partial charge in [-0.15, -0.1) is 0 Å². The van der Waals surface area contributed by atoms with Crippen LogP contribution in [0.1, 0.15) is 23.6 Å². The van der Waals surface area contributed by atoms with E-state index in [2.05, 4.69) is 49.3 Å². The third kappa shape index (κ3) is 1.71. The minimum absolute atomic E-state index is 1.02. The van der Waals surface area contributed by atoms with Gasteiger partial charge in [-0.3, -0.25) is 0 Å². The van der Waals surface area contributed by atoms with Crippen molar-refractivity contribution in [2.24, 2.45) is 0 Å². The van der Waals surface area contributed by atoms with Crippen LogP contribution in [-0.4, -0.2) is 11.4 Å². The summed E-state index contributed by atoms with van der Waals surface area (Å²) in [5.41, 5.74) is 7.90. The number of aryl methyl sites for hydroxylation is 1. The van der Waals surface area contributed by atoms with Gasteiger partial charge in [0, 0.05) is 18.8 Å². The van der Waals surface area contributed by atoms with Gasteiger partial charge >= 0.3 is 0 Å². The maximum absolute atomic E-state index is 4.08. The lowest BCUT2D eigenvalue weighted by atomic mass is 9.90. The van der Waals surface area contributed by atoms with E-state index in [1.54, 1.807) is 0 Å². The van der Waals surface area contributed by atoms with Crippen molar-refractivity contribution < 1.29 is 0 Å². The van der Waals surface area contributed by atoms with Gasteiger partial charge < -0.3 is 4.90 Å². The third-order valence-corrected chi connectivity index (χ3v) is 4.04. The van der Waals surface area contributed by atoms with E-state index in [4.69, 9.17) is 0 Å². The number of hydrogen-bond donors (Lipinski definition) is 0. The van der Waals surface area contributed by atoms with Crippen LogP contribution >= 0.6 is 0 Å². The molecule has 0 fully saturated rings. The van der Waals surface area contributed by atoms with Crippen molar-refractivity contribution in [1.29, 1.82) is 0 Å². The molecule has 0 amide bonds. The first-order valence-electron chi connectivity index (χ1n) is 6.65. The Hall–Kier alpha value is -1.76. The molecule has 0 N–H and O–H groups in total. The topological polar surface area (TPSA) is 3.24 Å². The normalized spacial score (nSPS) is 18.3. The molecule has 1 aliphatic heterocycles. The standard InChI is InChI=1S/C17H19N/c1-4-14-5-6-15-7-8-18(11-16(15)10-14)17-9-12(2)13(17)3/h5-6,9-10H,2-4,7-8,11H2,1H3. The van der Waals surface area contributed by atoms with E-state index in [-0.39, 0.29) is 0 Å². The van der Waals surface area contributed by atoms with E-state index < -0.39 is 0 Å². The molecular weight excluding hydrogens is 218 g/mol. The Balaban J connectivity index is 1.86. The van der Waals surface area contributed by atoms with Crippen LogP contribution in [0, 0.1) is 0 Å². The van der Waals surface area contributed by atoms with Crippen molar-refractivity contribution in [3.05, 3.63) is 71.0 Å². The van der Waals surface area contributed by atoms with E-state index in [0.29, 0.717) is 0 Å². The summed E-state index contributed by atoms with van der Waals surface area (Å²) in [7, 11) is 0. The lowest BCUT2D eigenvalue weighted by Gasteiger charge is -2.37. The molecular formula is C17H19N. The fraction of sp³-hybridized carbons (Fsp3) is 0.294.